The number of aromatic amines is 1. The number of nitrogens with zero attached hydrogens (tertiary/aromatic N) is 3. The number of carbonyl (C=O) groups excluding carboxylic acids is 1. The molecule has 154 valence electrons. The lowest BCUT2D eigenvalue weighted by Crippen LogP contribution is -2.36. The molecule has 4 aromatic rings. The van der Waals surface area contributed by atoms with Gasteiger partial charge in [-0.2, -0.15) is 0 Å². The molecule has 0 saturated heterocycles. The van der Waals surface area contributed by atoms with Gasteiger partial charge in [0, 0.05) is 36.6 Å². The van der Waals surface area contributed by atoms with Crippen LogP contribution >= 0.6 is 0 Å². The highest BCUT2D eigenvalue weighted by molar-refractivity contribution is 5.95. The van der Waals surface area contributed by atoms with Crippen LogP contribution in [0.2, 0.25) is 0 Å². The Balaban J connectivity index is 1.46. The molecule has 0 unspecified atom stereocenters. The molecule has 0 spiro atoms. The number of benzene rings is 2. The van der Waals surface area contributed by atoms with Crippen molar-refractivity contribution in [3.8, 4) is 22.4 Å². The molecule has 0 aliphatic carbocycles. The number of hydrogen-bond acceptors (Lipinski definition) is 4. The summed E-state index contributed by atoms with van der Waals surface area (Å²) in [5.41, 5.74) is 13.5. The third-order valence-electron chi connectivity index (χ3n) is 5.74. The SMILES string of the molecule is Cc1cccc(-c2cnc(N)nc2-c2c[nH]c(C(=O)N3CCc4ccccc4C3)c2)c1. The minimum Gasteiger partial charge on any atom is -0.368 e. The van der Waals surface area contributed by atoms with Crippen molar-refractivity contribution in [3.05, 3.63) is 89.4 Å². The van der Waals surface area contributed by atoms with Crippen LogP contribution in [0.5, 0.6) is 0 Å². The Hall–Kier alpha value is -3.93. The van der Waals surface area contributed by atoms with Crippen molar-refractivity contribution >= 4 is 11.9 Å². The first kappa shape index (κ1) is 19.1. The standard InChI is InChI=1S/C25H23N5O/c1-16-5-4-8-18(11-16)21-14-28-25(26)29-23(21)20-12-22(27-13-20)24(31)30-10-9-17-6-2-3-7-19(17)15-30/h2-8,11-14,27H,9-10,15H2,1H3,(H2,26,28,29). The molecule has 1 aliphatic heterocycles. The van der Waals surface area contributed by atoms with E-state index >= 15 is 0 Å². The molecule has 0 saturated carbocycles. The summed E-state index contributed by atoms with van der Waals surface area (Å²) in [7, 11) is 0. The van der Waals surface area contributed by atoms with Crippen LogP contribution in [0.4, 0.5) is 5.95 Å². The Morgan fingerprint density at radius 3 is 2.74 bits per heavy atom. The Kier molecular flexibility index (Phi) is 4.75. The number of hydrogen-bond donors (Lipinski definition) is 2. The molecule has 6 nitrogen and oxygen atoms in total. The summed E-state index contributed by atoms with van der Waals surface area (Å²) in [5.74, 6) is 0.188. The second kappa shape index (κ2) is 7.72. The second-order valence-corrected chi connectivity index (χ2v) is 7.91. The number of anilines is 1. The largest absolute Gasteiger partial charge is 0.368 e. The van der Waals surface area contributed by atoms with Gasteiger partial charge in [-0.3, -0.25) is 4.79 Å². The smallest absolute Gasteiger partial charge is 0.270 e. The quantitative estimate of drug-likeness (QED) is 0.530. The summed E-state index contributed by atoms with van der Waals surface area (Å²) >= 11 is 0. The highest BCUT2D eigenvalue weighted by Gasteiger charge is 2.23. The van der Waals surface area contributed by atoms with Crippen molar-refractivity contribution in [2.24, 2.45) is 0 Å². The lowest BCUT2D eigenvalue weighted by atomic mass is 9.99. The maximum Gasteiger partial charge on any atom is 0.270 e. The maximum atomic E-state index is 13.2. The monoisotopic (exact) mass is 409 g/mol. The Morgan fingerprint density at radius 1 is 1.06 bits per heavy atom. The fourth-order valence-electron chi connectivity index (χ4n) is 4.13. The topological polar surface area (TPSA) is 87.9 Å². The van der Waals surface area contributed by atoms with E-state index in [2.05, 4.69) is 33.2 Å². The van der Waals surface area contributed by atoms with Gasteiger partial charge in [0.05, 0.1) is 5.69 Å². The zero-order valence-electron chi connectivity index (χ0n) is 17.3. The zero-order chi connectivity index (χ0) is 21.4. The lowest BCUT2D eigenvalue weighted by molar-refractivity contribution is 0.0729. The third kappa shape index (κ3) is 3.68. The molecule has 1 aliphatic rings. The number of rotatable bonds is 3. The van der Waals surface area contributed by atoms with E-state index in [0.717, 1.165) is 28.7 Å². The van der Waals surface area contributed by atoms with Gasteiger partial charge >= 0.3 is 0 Å². The van der Waals surface area contributed by atoms with E-state index in [1.165, 1.54) is 11.1 Å². The Bertz CT molecular complexity index is 1280. The minimum atomic E-state index is -0.0140. The van der Waals surface area contributed by atoms with E-state index < -0.39 is 0 Å². The Morgan fingerprint density at radius 2 is 1.90 bits per heavy atom. The summed E-state index contributed by atoms with van der Waals surface area (Å²) in [6, 6.07) is 18.3. The summed E-state index contributed by atoms with van der Waals surface area (Å²) in [4.78, 5) is 26.9. The van der Waals surface area contributed by atoms with E-state index in [4.69, 9.17) is 5.73 Å². The molecule has 5 rings (SSSR count). The number of carbonyl (C=O) groups is 1. The molecule has 0 radical (unpaired) electrons. The van der Waals surface area contributed by atoms with Crippen LogP contribution in [0.3, 0.4) is 0 Å². The van der Waals surface area contributed by atoms with Crippen LogP contribution in [0.1, 0.15) is 27.2 Å². The predicted octanol–water partition coefficient (Wildman–Crippen LogP) is 4.23. The van der Waals surface area contributed by atoms with Crippen LogP contribution in [0.25, 0.3) is 22.4 Å². The van der Waals surface area contributed by atoms with E-state index in [1.807, 2.05) is 54.4 Å². The van der Waals surface area contributed by atoms with Crippen molar-refractivity contribution in [1.29, 1.82) is 0 Å². The van der Waals surface area contributed by atoms with Crippen LogP contribution in [-0.2, 0) is 13.0 Å². The molecule has 1 amide bonds. The minimum absolute atomic E-state index is 0.0140. The van der Waals surface area contributed by atoms with Crippen molar-refractivity contribution in [3.63, 3.8) is 0 Å². The maximum absolute atomic E-state index is 13.2. The van der Waals surface area contributed by atoms with Crippen LogP contribution in [-0.4, -0.2) is 32.3 Å². The molecule has 3 heterocycles. The number of aromatic nitrogens is 3. The molecule has 2 aromatic heterocycles. The Labute approximate surface area is 180 Å². The number of nitrogens with one attached hydrogen (secondary N) is 1. The van der Waals surface area contributed by atoms with Crippen LogP contribution in [0.15, 0.2) is 67.0 Å². The van der Waals surface area contributed by atoms with Gasteiger partial charge in [-0.1, -0.05) is 54.1 Å². The summed E-state index contributed by atoms with van der Waals surface area (Å²) in [6.45, 7) is 3.38. The first-order valence-electron chi connectivity index (χ1n) is 10.3. The molecular weight excluding hydrogens is 386 g/mol. The second-order valence-electron chi connectivity index (χ2n) is 7.91. The van der Waals surface area contributed by atoms with Crippen molar-refractivity contribution in [2.45, 2.75) is 19.9 Å². The number of amides is 1. The summed E-state index contributed by atoms with van der Waals surface area (Å²) in [5, 5.41) is 0. The van der Waals surface area contributed by atoms with E-state index in [0.29, 0.717) is 24.5 Å². The van der Waals surface area contributed by atoms with E-state index in [1.54, 1.807) is 6.20 Å². The molecule has 2 aromatic carbocycles. The average Bonchev–Trinajstić information content (AvgIpc) is 3.28. The molecule has 0 atom stereocenters. The summed E-state index contributed by atoms with van der Waals surface area (Å²) in [6.07, 6.45) is 4.42. The van der Waals surface area contributed by atoms with Crippen molar-refractivity contribution < 1.29 is 4.79 Å². The van der Waals surface area contributed by atoms with Crippen LogP contribution < -0.4 is 5.73 Å². The zero-order valence-corrected chi connectivity index (χ0v) is 17.3. The van der Waals surface area contributed by atoms with Crippen LogP contribution in [0, 0.1) is 6.92 Å². The number of nitrogens with two attached hydrogens (primary N) is 1. The fourth-order valence-corrected chi connectivity index (χ4v) is 4.13. The highest BCUT2D eigenvalue weighted by atomic mass is 16.2. The molecule has 31 heavy (non-hydrogen) atoms. The number of fused-ring (bicyclic) bond motifs is 1. The van der Waals surface area contributed by atoms with Gasteiger partial charge in [0.2, 0.25) is 5.95 Å². The summed E-state index contributed by atoms with van der Waals surface area (Å²) < 4.78 is 0. The van der Waals surface area contributed by atoms with Gasteiger partial charge < -0.3 is 15.6 Å². The van der Waals surface area contributed by atoms with Crippen molar-refractivity contribution in [1.82, 2.24) is 19.9 Å². The number of H-pyrrole nitrogens is 1. The van der Waals surface area contributed by atoms with Gasteiger partial charge in [0.25, 0.3) is 5.91 Å². The van der Waals surface area contributed by atoms with Gasteiger partial charge in [-0.25, -0.2) is 9.97 Å². The van der Waals surface area contributed by atoms with Gasteiger partial charge in [0.15, 0.2) is 0 Å². The molecular formula is C25H23N5O. The third-order valence-corrected chi connectivity index (χ3v) is 5.74. The molecule has 0 bridgehead atoms. The van der Waals surface area contributed by atoms with E-state index in [-0.39, 0.29) is 11.9 Å². The molecule has 0 fully saturated rings. The first-order valence-corrected chi connectivity index (χ1v) is 10.3. The predicted molar refractivity (Wildman–Crippen MR) is 121 cm³/mol. The molecule has 6 heteroatoms. The number of nitrogen functional groups attached to an aromatic ring is 1. The number of aryl methyl sites for hydroxylation is 1. The normalized spacial score (nSPS) is 13.1. The lowest BCUT2D eigenvalue weighted by Gasteiger charge is -2.28. The average molecular weight is 409 g/mol. The van der Waals surface area contributed by atoms with E-state index in [9.17, 15) is 4.79 Å². The van der Waals surface area contributed by atoms with Crippen molar-refractivity contribution in [2.75, 3.05) is 12.3 Å². The first-order chi connectivity index (χ1) is 15.1. The molecule has 3 N–H and O–H groups in total. The fraction of sp³-hybridized carbons (Fsp3) is 0.160. The van der Waals surface area contributed by atoms with Gasteiger partial charge in [-0.05, 0) is 36.1 Å². The highest BCUT2D eigenvalue weighted by Crippen LogP contribution is 2.32. The van der Waals surface area contributed by atoms with Gasteiger partial charge in [0.1, 0.15) is 5.69 Å². The van der Waals surface area contributed by atoms with Gasteiger partial charge in [-0.15, -0.1) is 0 Å².